The molecule has 1 N–H and O–H groups in total. The number of piperazine rings is 1. The van der Waals surface area contributed by atoms with Crippen LogP contribution in [0.15, 0.2) is 64.0 Å². The molecule has 156 valence electrons. The van der Waals surface area contributed by atoms with Gasteiger partial charge < -0.3 is 19.2 Å². The van der Waals surface area contributed by atoms with E-state index in [1.165, 1.54) is 5.56 Å². The summed E-state index contributed by atoms with van der Waals surface area (Å²) < 4.78 is 12.1. The van der Waals surface area contributed by atoms with Gasteiger partial charge >= 0.3 is 5.97 Å². The molecule has 0 saturated carbocycles. The highest BCUT2D eigenvalue weighted by Crippen LogP contribution is 2.36. The van der Waals surface area contributed by atoms with Crippen molar-refractivity contribution in [2.24, 2.45) is 0 Å². The number of furan rings is 1. The van der Waals surface area contributed by atoms with E-state index in [0.717, 1.165) is 54.0 Å². The second kappa shape index (κ2) is 8.93. The summed E-state index contributed by atoms with van der Waals surface area (Å²) in [6.45, 7) is 8.65. The Morgan fingerprint density at radius 3 is 2.70 bits per heavy atom. The lowest BCUT2D eigenvalue weighted by Crippen LogP contribution is -2.46. The summed E-state index contributed by atoms with van der Waals surface area (Å²) in [5.41, 5.74) is 2.79. The predicted molar refractivity (Wildman–Crippen MR) is 120 cm³/mol. The van der Waals surface area contributed by atoms with Crippen molar-refractivity contribution < 1.29 is 19.1 Å². The minimum absolute atomic E-state index is 0.0509. The van der Waals surface area contributed by atoms with Crippen molar-refractivity contribution in [2.75, 3.05) is 37.7 Å². The second-order valence-corrected chi connectivity index (χ2v) is 7.99. The lowest BCUT2D eigenvalue weighted by molar-refractivity contribution is 0.0665. The van der Waals surface area contributed by atoms with E-state index in [2.05, 4.69) is 38.4 Å². The van der Waals surface area contributed by atoms with E-state index in [1.54, 1.807) is 12.1 Å². The summed E-state index contributed by atoms with van der Waals surface area (Å²) in [6, 6.07) is 13.5. The Labute approximate surface area is 183 Å². The molecule has 1 saturated heterocycles. The Morgan fingerprint density at radius 1 is 1.20 bits per heavy atom. The lowest BCUT2D eigenvalue weighted by atomic mass is 10.1. The van der Waals surface area contributed by atoms with Crippen LogP contribution in [0, 0.1) is 0 Å². The molecule has 6 nitrogen and oxygen atoms in total. The number of anilines is 1. The van der Waals surface area contributed by atoms with Gasteiger partial charge in [0.15, 0.2) is 0 Å². The average Bonchev–Trinajstić information content (AvgIpc) is 3.20. The maximum absolute atomic E-state index is 11.2. The SMILES string of the molecule is C=CCOc1ccccc1CN1CCN(c2ccc3oc(C(=O)O)cc3c2Br)CC1. The number of fused-ring (bicyclic) bond motifs is 1. The molecule has 7 heteroatoms. The van der Waals surface area contributed by atoms with E-state index in [1.807, 2.05) is 30.3 Å². The number of carboxylic acids is 1. The van der Waals surface area contributed by atoms with Gasteiger partial charge in [0, 0.05) is 49.7 Å². The third-order valence-electron chi connectivity index (χ3n) is 5.26. The fourth-order valence-corrected chi connectivity index (χ4v) is 4.42. The largest absolute Gasteiger partial charge is 0.489 e. The highest BCUT2D eigenvalue weighted by atomic mass is 79.9. The first-order valence-corrected chi connectivity index (χ1v) is 10.6. The van der Waals surface area contributed by atoms with Gasteiger partial charge in [-0.1, -0.05) is 30.9 Å². The maximum Gasteiger partial charge on any atom is 0.371 e. The third-order valence-corrected chi connectivity index (χ3v) is 6.10. The lowest BCUT2D eigenvalue weighted by Gasteiger charge is -2.36. The second-order valence-electron chi connectivity index (χ2n) is 7.20. The van der Waals surface area contributed by atoms with Gasteiger partial charge in [0.05, 0.1) is 10.2 Å². The molecule has 0 aliphatic carbocycles. The van der Waals surface area contributed by atoms with Crippen molar-refractivity contribution in [3.05, 3.63) is 70.9 Å². The number of aromatic carboxylic acids is 1. The molecule has 0 amide bonds. The van der Waals surface area contributed by atoms with Crippen LogP contribution in [0.1, 0.15) is 16.1 Å². The van der Waals surface area contributed by atoms with Crippen LogP contribution in [0.25, 0.3) is 11.0 Å². The number of hydrogen-bond acceptors (Lipinski definition) is 5. The van der Waals surface area contributed by atoms with Crippen LogP contribution < -0.4 is 9.64 Å². The summed E-state index contributed by atoms with van der Waals surface area (Å²) in [5.74, 6) is -0.210. The fourth-order valence-electron chi connectivity index (χ4n) is 3.73. The number of rotatable bonds is 7. The summed E-state index contributed by atoms with van der Waals surface area (Å²) in [4.78, 5) is 15.9. The molecular formula is C23H23BrN2O4. The van der Waals surface area contributed by atoms with Crippen molar-refractivity contribution in [2.45, 2.75) is 6.54 Å². The number of ether oxygens (including phenoxy) is 1. The van der Waals surface area contributed by atoms with Crippen molar-refractivity contribution in [1.29, 1.82) is 0 Å². The topological polar surface area (TPSA) is 66.2 Å². The van der Waals surface area contributed by atoms with Gasteiger partial charge in [0.2, 0.25) is 5.76 Å². The zero-order chi connectivity index (χ0) is 21.1. The minimum Gasteiger partial charge on any atom is -0.489 e. The quantitative estimate of drug-likeness (QED) is 0.501. The van der Waals surface area contributed by atoms with Gasteiger partial charge in [-0.2, -0.15) is 0 Å². The number of halogens is 1. The Morgan fingerprint density at radius 2 is 1.97 bits per heavy atom. The van der Waals surface area contributed by atoms with Crippen LogP contribution in [0.2, 0.25) is 0 Å². The van der Waals surface area contributed by atoms with E-state index in [0.29, 0.717) is 12.2 Å². The summed E-state index contributed by atoms with van der Waals surface area (Å²) in [5, 5.41) is 9.95. The molecule has 2 aromatic carbocycles. The van der Waals surface area contributed by atoms with Crippen LogP contribution in [0.4, 0.5) is 5.69 Å². The van der Waals surface area contributed by atoms with Gasteiger partial charge in [0.1, 0.15) is 17.9 Å². The Bertz CT molecular complexity index is 1070. The van der Waals surface area contributed by atoms with Crippen LogP contribution in [-0.2, 0) is 6.54 Å². The fraction of sp³-hybridized carbons (Fsp3) is 0.261. The van der Waals surface area contributed by atoms with Crippen molar-refractivity contribution in [3.8, 4) is 5.75 Å². The molecule has 1 aromatic heterocycles. The molecule has 0 bridgehead atoms. The molecule has 30 heavy (non-hydrogen) atoms. The molecule has 1 aliphatic heterocycles. The Balaban J connectivity index is 1.44. The number of nitrogens with zero attached hydrogens (tertiary/aromatic N) is 2. The highest BCUT2D eigenvalue weighted by Gasteiger charge is 2.22. The molecule has 0 spiro atoms. The van der Waals surface area contributed by atoms with Gasteiger partial charge in [-0.15, -0.1) is 0 Å². The van der Waals surface area contributed by atoms with Gasteiger partial charge in [-0.3, -0.25) is 4.90 Å². The highest BCUT2D eigenvalue weighted by molar-refractivity contribution is 9.10. The van der Waals surface area contributed by atoms with Gasteiger partial charge in [0.25, 0.3) is 0 Å². The van der Waals surface area contributed by atoms with E-state index >= 15 is 0 Å². The van der Waals surface area contributed by atoms with Crippen molar-refractivity contribution in [1.82, 2.24) is 4.90 Å². The monoisotopic (exact) mass is 470 g/mol. The number of carbonyl (C=O) groups is 1. The Hall–Kier alpha value is -2.77. The summed E-state index contributed by atoms with van der Waals surface area (Å²) in [6.07, 6.45) is 1.75. The van der Waals surface area contributed by atoms with Gasteiger partial charge in [-0.25, -0.2) is 4.79 Å². The molecule has 0 radical (unpaired) electrons. The number of benzene rings is 2. The van der Waals surface area contributed by atoms with E-state index in [4.69, 9.17) is 9.15 Å². The van der Waals surface area contributed by atoms with E-state index in [9.17, 15) is 9.90 Å². The van der Waals surface area contributed by atoms with Crippen LogP contribution in [-0.4, -0.2) is 48.8 Å². The molecule has 4 rings (SSSR count). The first kappa shape index (κ1) is 20.5. The number of carboxylic acid groups (broad SMARTS) is 1. The summed E-state index contributed by atoms with van der Waals surface area (Å²) in [7, 11) is 0. The first-order chi connectivity index (χ1) is 14.6. The normalized spacial score (nSPS) is 14.8. The summed E-state index contributed by atoms with van der Waals surface area (Å²) >= 11 is 3.65. The molecule has 1 aliphatic rings. The predicted octanol–water partition coefficient (Wildman–Crippen LogP) is 4.78. The maximum atomic E-state index is 11.2. The van der Waals surface area contributed by atoms with Gasteiger partial charge in [-0.05, 0) is 34.1 Å². The zero-order valence-electron chi connectivity index (χ0n) is 16.5. The molecular weight excluding hydrogens is 448 g/mol. The van der Waals surface area contributed by atoms with E-state index in [-0.39, 0.29) is 5.76 Å². The number of para-hydroxylation sites is 1. The molecule has 2 heterocycles. The smallest absolute Gasteiger partial charge is 0.371 e. The molecule has 0 unspecified atom stereocenters. The molecule has 1 fully saturated rings. The molecule has 3 aromatic rings. The van der Waals surface area contributed by atoms with Crippen LogP contribution in [0.3, 0.4) is 0 Å². The standard InChI is InChI=1S/C23H23BrN2O4/c1-2-13-29-19-6-4-3-5-16(19)15-25-9-11-26(12-10-25)18-7-8-20-17(22(18)24)14-21(30-20)23(27)28/h2-8,14H,1,9-13,15H2,(H,27,28). The zero-order valence-corrected chi connectivity index (χ0v) is 18.1. The average molecular weight is 471 g/mol. The molecule has 0 atom stereocenters. The van der Waals surface area contributed by atoms with E-state index < -0.39 is 5.97 Å². The van der Waals surface area contributed by atoms with Crippen LogP contribution in [0.5, 0.6) is 5.75 Å². The van der Waals surface area contributed by atoms with Crippen molar-refractivity contribution in [3.63, 3.8) is 0 Å². The first-order valence-electron chi connectivity index (χ1n) is 9.81. The third kappa shape index (κ3) is 4.22. The minimum atomic E-state index is -1.06. The Kier molecular flexibility index (Phi) is 6.11. The van der Waals surface area contributed by atoms with Crippen molar-refractivity contribution >= 4 is 38.6 Å². The van der Waals surface area contributed by atoms with Crippen LogP contribution >= 0.6 is 15.9 Å². The number of hydrogen-bond donors (Lipinski definition) is 1.